The zero-order valence-electron chi connectivity index (χ0n) is 11.5. The second-order valence-corrected chi connectivity index (χ2v) is 5.30. The fourth-order valence-corrected chi connectivity index (χ4v) is 2.54. The number of hydrogen-bond donors (Lipinski definition) is 1. The van der Waals surface area contributed by atoms with Crippen LogP contribution < -0.4 is 5.32 Å². The molecule has 6 heteroatoms. The molecule has 2 nitrogen and oxygen atoms in total. The van der Waals surface area contributed by atoms with Crippen LogP contribution in [0.4, 0.5) is 17.6 Å². The van der Waals surface area contributed by atoms with E-state index in [0.29, 0.717) is 18.6 Å². The van der Waals surface area contributed by atoms with Gasteiger partial charge < -0.3 is 5.32 Å². The largest absolute Gasteiger partial charge is 0.419 e. The van der Waals surface area contributed by atoms with E-state index in [9.17, 15) is 22.4 Å². The molecule has 0 spiro atoms. The first kappa shape index (κ1) is 15.9. The van der Waals surface area contributed by atoms with Crippen LogP contribution in [0.2, 0.25) is 0 Å². The Hall–Kier alpha value is -1.43. The summed E-state index contributed by atoms with van der Waals surface area (Å²) in [5, 5.41) is 3.29. The molecule has 0 saturated carbocycles. The van der Waals surface area contributed by atoms with Gasteiger partial charge in [0.25, 0.3) is 0 Å². The van der Waals surface area contributed by atoms with Gasteiger partial charge in [-0.25, -0.2) is 4.39 Å². The van der Waals surface area contributed by atoms with Crippen molar-refractivity contribution < 1.29 is 22.4 Å². The summed E-state index contributed by atoms with van der Waals surface area (Å²) in [4.78, 5) is 11.9. The van der Waals surface area contributed by atoms with E-state index in [0.717, 1.165) is 31.9 Å². The van der Waals surface area contributed by atoms with Crippen LogP contribution in [0.5, 0.6) is 0 Å². The number of carbonyl (C=O) groups is 1. The number of alkyl halides is 3. The first-order valence-corrected chi connectivity index (χ1v) is 7.01. The van der Waals surface area contributed by atoms with Crippen molar-refractivity contribution in [1.29, 1.82) is 0 Å². The highest BCUT2D eigenvalue weighted by molar-refractivity contribution is 5.96. The molecule has 1 heterocycles. The third-order valence-electron chi connectivity index (χ3n) is 3.73. The van der Waals surface area contributed by atoms with E-state index < -0.39 is 17.6 Å². The lowest BCUT2D eigenvalue weighted by atomic mass is 9.97. The number of nitrogens with one attached hydrogen (secondary N) is 1. The number of halogens is 4. The normalized spacial score (nSPS) is 19.5. The fraction of sp³-hybridized carbons (Fsp3) is 0.533. The van der Waals surface area contributed by atoms with Gasteiger partial charge in [-0.2, -0.15) is 13.2 Å². The van der Waals surface area contributed by atoms with E-state index >= 15 is 0 Å². The summed E-state index contributed by atoms with van der Waals surface area (Å²) in [6.45, 7) is 0.924. The molecule has 1 fully saturated rings. The summed E-state index contributed by atoms with van der Waals surface area (Å²) in [6, 6.07) is 2.62. The van der Waals surface area contributed by atoms with Gasteiger partial charge in [0.2, 0.25) is 0 Å². The Morgan fingerprint density at radius 1 is 1.29 bits per heavy atom. The second kappa shape index (κ2) is 6.56. The van der Waals surface area contributed by atoms with Crippen molar-refractivity contribution in [2.45, 2.75) is 44.3 Å². The standard InChI is InChI=1S/C15H17F4NO/c16-13-9-10(4-6-12(13)15(17,18)19)14(21)7-5-11-3-1-2-8-20-11/h4,6,9,11,20H,1-3,5,7-8H2. The Bertz CT molecular complexity index is 507. The van der Waals surface area contributed by atoms with Gasteiger partial charge in [-0.3, -0.25) is 4.79 Å². The van der Waals surface area contributed by atoms with Crippen molar-refractivity contribution in [3.63, 3.8) is 0 Å². The molecule has 1 saturated heterocycles. The smallest absolute Gasteiger partial charge is 0.314 e. The van der Waals surface area contributed by atoms with Crippen molar-refractivity contribution in [2.24, 2.45) is 0 Å². The highest BCUT2D eigenvalue weighted by Crippen LogP contribution is 2.31. The van der Waals surface area contributed by atoms with Crippen molar-refractivity contribution >= 4 is 5.78 Å². The van der Waals surface area contributed by atoms with Crippen LogP contribution in [0.3, 0.4) is 0 Å². The minimum Gasteiger partial charge on any atom is -0.314 e. The summed E-state index contributed by atoms with van der Waals surface area (Å²) >= 11 is 0. The molecule has 1 aromatic carbocycles. The highest BCUT2D eigenvalue weighted by atomic mass is 19.4. The van der Waals surface area contributed by atoms with Crippen molar-refractivity contribution in [3.8, 4) is 0 Å². The summed E-state index contributed by atoms with van der Waals surface area (Å²) in [7, 11) is 0. The monoisotopic (exact) mass is 303 g/mol. The van der Waals surface area contributed by atoms with Crippen LogP contribution in [0.25, 0.3) is 0 Å². The number of rotatable bonds is 4. The predicted octanol–water partition coefficient (Wildman–Crippen LogP) is 3.95. The van der Waals surface area contributed by atoms with Crippen LogP contribution in [0, 0.1) is 5.82 Å². The van der Waals surface area contributed by atoms with E-state index in [2.05, 4.69) is 5.32 Å². The van der Waals surface area contributed by atoms with Crippen LogP contribution in [-0.4, -0.2) is 18.4 Å². The van der Waals surface area contributed by atoms with Gasteiger partial charge in [0.1, 0.15) is 5.82 Å². The van der Waals surface area contributed by atoms with E-state index in [4.69, 9.17) is 0 Å². The summed E-state index contributed by atoms with van der Waals surface area (Å²) < 4.78 is 50.7. The quantitative estimate of drug-likeness (QED) is 0.674. The molecule has 1 N–H and O–H groups in total. The third-order valence-corrected chi connectivity index (χ3v) is 3.73. The molecule has 0 bridgehead atoms. The van der Waals surface area contributed by atoms with Crippen LogP contribution >= 0.6 is 0 Å². The minimum atomic E-state index is -4.74. The molecule has 1 aliphatic rings. The lowest BCUT2D eigenvalue weighted by molar-refractivity contribution is -0.140. The Labute approximate surface area is 120 Å². The number of Topliss-reactive ketones (excluding diaryl/α,β-unsaturated/α-hetero) is 1. The molecule has 1 unspecified atom stereocenters. The predicted molar refractivity (Wildman–Crippen MR) is 70.6 cm³/mol. The fourth-order valence-electron chi connectivity index (χ4n) is 2.54. The number of benzene rings is 1. The second-order valence-electron chi connectivity index (χ2n) is 5.30. The third kappa shape index (κ3) is 4.27. The van der Waals surface area contributed by atoms with E-state index in [-0.39, 0.29) is 23.8 Å². The minimum absolute atomic E-state index is 0.00342. The Balaban J connectivity index is 1.97. The lowest BCUT2D eigenvalue weighted by Gasteiger charge is -2.23. The Kier molecular flexibility index (Phi) is 4.98. The number of hydrogen-bond acceptors (Lipinski definition) is 2. The molecule has 0 aliphatic carbocycles. The van der Waals surface area contributed by atoms with Crippen LogP contribution in [-0.2, 0) is 6.18 Å². The van der Waals surface area contributed by atoms with Gasteiger partial charge in [-0.05, 0) is 37.9 Å². The zero-order chi connectivity index (χ0) is 15.5. The topological polar surface area (TPSA) is 29.1 Å². The first-order valence-electron chi connectivity index (χ1n) is 7.01. The molecule has 0 amide bonds. The average molecular weight is 303 g/mol. The zero-order valence-corrected chi connectivity index (χ0v) is 11.5. The van der Waals surface area contributed by atoms with Gasteiger partial charge in [-0.15, -0.1) is 0 Å². The molecule has 1 atom stereocenters. The number of ketones is 1. The maximum atomic E-state index is 13.4. The molecule has 1 aromatic rings. The molecular formula is C15H17F4NO. The highest BCUT2D eigenvalue weighted by Gasteiger charge is 2.34. The average Bonchev–Trinajstić information content (AvgIpc) is 2.44. The van der Waals surface area contributed by atoms with Crippen molar-refractivity contribution in [3.05, 3.63) is 35.1 Å². The van der Waals surface area contributed by atoms with Gasteiger partial charge >= 0.3 is 6.18 Å². The molecule has 0 radical (unpaired) electrons. The van der Waals surface area contributed by atoms with Gasteiger partial charge in [-0.1, -0.05) is 12.5 Å². The van der Waals surface area contributed by atoms with Gasteiger partial charge in [0.05, 0.1) is 5.56 Å². The summed E-state index contributed by atoms with van der Waals surface area (Å²) in [6.07, 6.45) is -0.675. The lowest BCUT2D eigenvalue weighted by Crippen LogP contribution is -2.34. The van der Waals surface area contributed by atoms with Crippen molar-refractivity contribution in [1.82, 2.24) is 5.32 Å². The number of piperidine rings is 1. The summed E-state index contributed by atoms with van der Waals surface area (Å²) in [5.41, 5.74) is -1.34. The summed E-state index contributed by atoms with van der Waals surface area (Å²) in [5.74, 6) is -1.72. The van der Waals surface area contributed by atoms with E-state index in [1.165, 1.54) is 0 Å². The molecule has 1 aliphatic heterocycles. The Morgan fingerprint density at radius 2 is 2.05 bits per heavy atom. The van der Waals surface area contributed by atoms with Crippen molar-refractivity contribution in [2.75, 3.05) is 6.54 Å². The first-order chi connectivity index (χ1) is 9.88. The van der Waals surface area contributed by atoms with Crippen LogP contribution in [0.15, 0.2) is 18.2 Å². The molecular weight excluding hydrogens is 286 g/mol. The van der Waals surface area contributed by atoms with Gasteiger partial charge in [0, 0.05) is 18.0 Å². The Morgan fingerprint density at radius 3 is 2.62 bits per heavy atom. The van der Waals surface area contributed by atoms with Crippen LogP contribution in [0.1, 0.15) is 48.0 Å². The maximum absolute atomic E-state index is 13.4. The SMILES string of the molecule is O=C(CCC1CCCCN1)c1ccc(C(F)(F)F)c(F)c1. The molecule has 21 heavy (non-hydrogen) atoms. The molecule has 116 valence electrons. The van der Waals surface area contributed by atoms with E-state index in [1.807, 2.05) is 0 Å². The van der Waals surface area contributed by atoms with E-state index in [1.54, 1.807) is 0 Å². The number of carbonyl (C=O) groups excluding carboxylic acids is 1. The molecule has 2 rings (SSSR count). The molecule has 0 aromatic heterocycles. The maximum Gasteiger partial charge on any atom is 0.419 e. The van der Waals surface area contributed by atoms with Gasteiger partial charge in [0.15, 0.2) is 5.78 Å².